The van der Waals surface area contributed by atoms with Crippen LogP contribution in [0.15, 0.2) is 28.7 Å². The molecule has 0 N–H and O–H groups in total. The number of rotatable bonds is 4. The van der Waals surface area contributed by atoms with E-state index in [9.17, 15) is 4.79 Å². The molecule has 144 valence electrons. The number of likely N-dealkylation sites (tertiary alicyclic amines) is 1. The summed E-state index contributed by atoms with van der Waals surface area (Å²) in [4.78, 5) is 19.2. The second-order valence-corrected chi connectivity index (χ2v) is 7.45. The lowest BCUT2D eigenvalue weighted by Gasteiger charge is -2.26. The molecule has 0 radical (unpaired) electrons. The van der Waals surface area contributed by atoms with E-state index in [4.69, 9.17) is 13.9 Å². The first kappa shape index (κ1) is 18.0. The molecule has 2 fully saturated rings. The van der Waals surface area contributed by atoms with Gasteiger partial charge in [-0.1, -0.05) is 6.07 Å². The number of hydrogen-bond acceptors (Lipinski definition) is 5. The van der Waals surface area contributed by atoms with Gasteiger partial charge in [0.25, 0.3) is 0 Å². The minimum Gasteiger partial charge on any atom is -0.497 e. The van der Waals surface area contributed by atoms with Crippen LogP contribution in [-0.2, 0) is 16.1 Å². The van der Waals surface area contributed by atoms with Crippen LogP contribution in [0.25, 0.3) is 11.5 Å². The van der Waals surface area contributed by atoms with Crippen molar-refractivity contribution in [2.24, 2.45) is 0 Å². The zero-order chi connectivity index (χ0) is 18.9. The fourth-order valence-electron chi connectivity index (χ4n) is 4.03. The van der Waals surface area contributed by atoms with E-state index in [0.29, 0.717) is 25.4 Å². The molecule has 1 aromatic heterocycles. The molecule has 27 heavy (non-hydrogen) atoms. The maximum atomic E-state index is 12.6. The number of carbonyl (C=O) groups excluding carboxylic acids is 1. The summed E-state index contributed by atoms with van der Waals surface area (Å²) in [6.45, 7) is 3.91. The Morgan fingerprint density at radius 3 is 2.96 bits per heavy atom. The zero-order valence-electron chi connectivity index (χ0n) is 16.0. The molecule has 0 unspecified atom stereocenters. The summed E-state index contributed by atoms with van der Waals surface area (Å²) in [5.74, 6) is 2.23. The number of carbonyl (C=O) groups is 1. The van der Waals surface area contributed by atoms with E-state index in [-0.39, 0.29) is 11.5 Å². The molecule has 6 heteroatoms. The van der Waals surface area contributed by atoms with Crippen molar-refractivity contribution in [1.29, 1.82) is 0 Å². The summed E-state index contributed by atoms with van der Waals surface area (Å²) in [6, 6.07) is 7.63. The van der Waals surface area contributed by atoms with Crippen LogP contribution < -0.4 is 4.74 Å². The second-order valence-electron chi connectivity index (χ2n) is 7.45. The summed E-state index contributed by atoms with van der Waals surface area (Å²) in [7, 11) is 1.64. The fraction of sp³-hybridized carbons (Fsp3) is 0.524. The van der Waals surface area contributed by atoms with Gasteiger partial charge in [-0.3, -0.25) is 4.79 Å². The Kier molecular flexibility index (Phi) is 4.91. The maximum Gasteiger partial charge on any atom is 0.226 e. The molecular weight excluding hydrogens is 344 g/mol. The summed E-state index contributed by atoms with van der Waals surface area (Å²) < 4.78 is 17.1. The van der Waals surface area contributed by atoms with E-state index in [1.54, 1.807) is 7.11 Å². The quantitative estimate of drug-likeness (QED) is 0.821. The first-order valence-electron chi connectivity index (χ1n) is 9.61. The van der Waals surface area contributed by atoms with Crippen LogP contribution in [0.4, 0.5) is 0 Å². The van der Waals surface area contributed by atoms with Gasteiger partial charge in [-0.2, -0.15) is 0 Å². The van der Waals surface area contributed by atoms with Crippen molar-refractivity contribution < 1.29 is 18.7 Å². The van der Waals surface area contributed by atoms with Gasteiger partial charge in [0.2, 0.25) is 11.8 Å². The van der Waals surface area contributed by atoms with Crippen molar-refractivity contribution >= 4 is 5.91 Å². The van der Waals surface area contributed by atoms with E-state index >= 15 is 0 Å². The maximum absolute atomic E-state index is 12.6. The average molecular weight is 370 g/mol. The van der Waals surface area contributed by atoms with Crippen molar-refractivity contribution in [2.45, 2.75) is 51.2 Å². The molecule has 0 aliphatic carbocycles. The van der Waals surface area contributed by atoms with Gasteiger partial charge in [-0.15, -0.1) is 0 Å². The molecule has 2 aromatic rings. The van der Waals surface area contributed by atoms with Crippen molar-refractivity contribution in [3.8, 4) is 17.2 Å². The second kappa shape index (κ2) is 7.35. The molecule has 2 aliphatic heterocycles. The third-order valence-electron chi connectivity index (χ3n) is 5.72. The lowest BCUT2D eigenvalue weighted by molar-refractivity contribution is -0.131. The number of aromatic nitrogens is 1. The zero-order valence-corrected chi connectivity index (χ0v) is 16.0. The summed E-state index contributed by atoms with van der Waals surface area (Å²) in [5.41, 5.74) is 1.59. The van der Waals surface area contributed by atoms with Crippen molar-refractivity contribution in [3.63, 3.8) is 0 Å². The van der Waals surface area contributed by atoms with E-state index in [0.717, 1.165) is 55.1 Å². The number of methoxy groups -OCH3 is 1. The summed E-state index contributed by atoms with van der Waals surface area (Å²) >= 11 is 0. The Hall–Kier alpha value is -2.34. The molecule has 1 amide bonds. The van der Waals surface area contributed by atoms with Gasteiger partial charge >= 0.3 is 0 Å². The number of amides is 1. The Balaban J connectivity index is 1.50. The van der Waals surface area contributed by atoms with Crippen LogP contribution in [0.3, 0.4) is 0 Å². The number of benzene rings is 1. The van der Waals surface area contributed by atoms with Crippen LogP contribution in [0.1, 0.15) is 43.6 Å². The highest BCUT2D eigenvalue weighted by Gasteiger charge is 2.38. The molecular formula is C21H26N2O4. The van der Waals surface area contributed by atoms with Crippen LogP contribution in [0, 0.1) is 6.92 Å². The SMILES string of the molecule is COc1cccc(-c2nc(CN3CC[C@]4(CCCO4)CCC3=O)c(C)o2)c1. The summed E-state index contributed by atoms with van der Waals surface area (Å²) in [6.07, 6.45) is 4.44. The van der Waals surface area contributed by atoms with Gasteiger partial charge < -0.3 is 18.8 Å². The summed E-state index contributed by atoms with van der Waals surface area (Å²) in [5, 5.41) is 0. The Labute approximate surface area is 159 Å². The molecule has 0 bridgehead atoms. The third kappa shape index (κ3) is 3.72. The Bertz CT molecular complexity index is 823. The molecule has 2 saturated heterocycles. The minimum atomic E-state index is -0.0883. The fourth-order valence-corrected chi connectivity index (χ4v) is 4.03. The molecule has 4 rings (SSSR count). The van der Waals surface area contributed by atoms with Crippen molar-refractivity contribution in [3.05, 3.63) is 35.7 Å². The minimum absolute atomic E-state index is 0.0883. The Morgan fingerprint density at radius 2 is 2.19 bits per heavy atom. The van der Waals surface area contributed by atoms with Crippen molar-refractivity contribution in [1.82, 2.24) is 9.88 Å². The predicted octanol–water partition coefficient (Wildman–Crippen LogP) is 3.72. The smallest absolute Gasteiger partial charge is 0.226 e. The highest BCUT2D eigenvalue weighted by Crippen LogP contribution is 2.36. The first-order chi connectivity index (χ1) is 13.1. The number of nitrogens with zero attached hydrogens (tertiary/aromatic N) is 2. The Morgan fingerprint density at radius 1 is 1.30 bits per heavy atom. The highest BCUT2D eigenvalue weighted by atomic mass is 16.5. The lowest BCUT2D eigenvalue weighted by Crippen LogP contribution is -2.32. The molecule has 6 nitrogen and oxygen atoms in total. The molecule has 0 saturated carbocycles. The molecule has 2 aliphatic rings. The van der Waals surface area contributed by atoms with Gasteiger partial charge in [0.05, 0.1) is 19.3 Å². The van der Waals surface area contributed by atoms with Crippen LogP contribution >= 0.6 is 0 Å². The molecule has 3 heterocycles. The number of aryl methyl sites for hydroxylation is 1. The van der Waals surface area contributed by atoms with Gasteiger partial charge in [0, 0.05) is 25.1 Å². The standard InChI is InChI=1S/C21H26N2O4/c1-15-18(22-20(27-15)16-5-3-6-17(13-16)25-2)14-23-11-10-21(8-4-12-26-21)9-7-19(23)24/h3,5-6,13H,4,7-12,14H2,1-2H3/t21-/m0/s1. The first-order valence-corrected chi connectivity index (χ1v) is 9.61. The van der Waals surface area contributed by atoms with Crippen LogP contribution in [0.5, 0.6) is 5.75 Å². The third-order valence-corrected chi connectivity index (χ3v) is 5.72. The lowest BCUT2D eigenvalue weighted by atomic mass is 9.92. The monoisotopic (exact) mass is 370 g/mol. The number of oxazole rings is 1. The van der Waals surface area contributed by atoms with E-state index in [1.807, 2.05) is 36.1 Å². The molecule has 1 spiro atoms. The normalized spacial score (nSPS) is 23.0. The van der Waals surface area contributed by atoms with E-state index < -0.39 is 0 Å². The molecule has 1 atom stereocenters. The highest BCUT2D eigenvalue weighted by molar-refractivity contribution is 5.76. The van der Waals surface area contributed by atoms with Crippen LogP contribution in [-0.4, -0.2) is 41.7 Å². The number of hydrogen-bond donors (Lipinski definition) is 0. The van der Waals surface area contributed by atoms with Gasteiger partial charge in [-0.25, -0.2) is 4.98 Å². The average Bonchev–Trinajstić information content (AvgIpc) is 3.26. The van der Waals surface area contributed by atoms with E-state index in [2.05, 4.69) is 4.98 Å². The van der Waals surface area contributed by atoms with Crippen molar-refractivity contribution in [2.75, 3.05) is 20.3 Å². The van der Waals surface area contributed by atoms with Gasteiger partial charge in [0.1, 0.15) is 17.2 Å². The van der Waals surface area contributed by atoms with Crippen LogP contribution in [0.2, 0.25) is 0 Å². The van der Waals surface area contributed by atoms with Gasteiger partial charge in [0.15, 0.2) is 0 Å². The number of ether oxygens (including phenoxy) is 2. The van der Waals surface area contributed by atoms with Gasteiger partial charge in [-0.05, 0) is 50.8 Å². The molecule has 1 aromatic carbocycles. The largest absolute Gasteiger partial charge is 0.497 e. The topological polar surface area (TPSA) is 64.8 Å². The predicted molar refractivity (Wildman–Crippen MR) is 100 cm³/mol. The van der Waals surface area contributed by atoms with E-state index in [1.165, 1.54) is 0 Å².